The summed E-state index contributed by atoms with van der Waals surface area (Å²) >= 11 is 1.32. The zero-order chi connectivity index (χ0) is 11.5. The van der Waals surface area contributed by atoms with E-state index in [9.17, 15) is 4.79 Å². The molecule has 0 atom stereocenters. The number of nitrogens with zero attached hydrogens (tertiary/aromatic N) is 2. The molecule has 0 aliphatic rings. The standard InChI is InChI=1S/C9H11N5OS/c1-5-3-11-14-8(5)13-7(15)2-6-4-16-9(10)12-6/h3-4H,2H2,1H3,(H2,10,12)(H2,11,13,14,15). The molecule has 16 heavy (non-hydrogen) atoms. The molecule has 0 aliphatic carbocycles. The van der Waals surface area contributed by atoms with Crippen LogP contribution in [0.1, 0.15) is 11.3 Å². The molecule has 0 fully saturated rings. The molecule has 0 spiro atoms. The lowest BCUT2D eigenvalue weighted by Gasteiger charge is -2.01. The van der Waals surface area contributed by atoms with Crippen LogP contribution in [0.25, 0.3) is 0 Å². The maximum absolute atomic E-state index is 11.6. The Morgan fingerprint density at radius 1 is 1.69 bits per heavy atom. The second-order valence-corrected chi connectivity index (χ2v) is 4.22. The van der Waals surface area contributed by atoms with Crippen molar-refractivity contribution in [1.29, 1.82) is 0 Å². The summed E-state index contributed by atoms with van der Waals surface area (Å²) in [7, 11) is 0. The molecule has 0 unspecified atom stereocenters. The third-order valence-electron chi connectivity index (χ3n) is 2.00. The first kappa shape index (κ1) is 10.6. The molecule has 1 amide bonds. The van der Waals surface area contributed by atoms with Gasteiger partial charge in [-0.3, -0.25) is 9.89 Å². The molecule has 0 saturated carbocycles. The van der Waals surface area contributed by atoms with E-state index >= 15 is 0 Å². The number of aryl methyl sites for hydroxylation is 1. The Labute approximate surface area is 95.9 Å². The number of hydrogen-bond donors (Lipinski definition) is 3. The van der Waals surface area contributed by atoms with Crippen molar-refractivity contribution in [3.8, 4) is 0 Å². The molecule has 0 aliphatic heterocycles. The van der Waals surface area contributed by atoms with E-state index in [0.717, 1.165) is 5.56 Å². The molecule has 84 valence electrons. The molecule has 6 nitrogen and oxygen atoms in total. The van der Waals surface area contributed by atoms with E-state index in [0.29, 0.717) is 16.6 Å². The lowest BCUT2D eigenvalue weighted by molar-refractivity contribution is -0.115. The number of nitrogens with one attached hydrogen (secondary N) is 2. The van der Waals surface area contributed by atoms with Crippen molar-refractivity contribution in [2.45, 2.75) is 13.3 Å². The summed E-state index contributed by atoms with van der Waals surface area (Å²) in [5, 5.41) is 11.5. The molecule has 2 rings (SSSR count). The van der Waals surface area contributed by atoms with Gasteiger partial charge in [0.05, 0.1) is 18.3 Å². The van der Waals surface area contributed by atoms with Crippen LogP contribution in [0.5, 0.6) is 0 Å². The quantitative estimate of drug-likeness (QED) is 0.740. The first-order valence-electron chi connectivity index (χ1n) is 4.65. The number of carbonyl (C=O) groups is 1. The number of H-pyrrole nitrogens is 1. The highest BCUT2D eigenvalue weighted by Crippen LogP contribution is 2.13. The maximum Gasteiger partial charge on any atom is 0.231 e. The van der Waals surface area contributed by atoms with Crippen LogP contribution in [0.4, 0.5) is 10.9 Å². The molecule has 4 N–H and O–H groups in total. The van der Waals surface area contributed by atoms with Crippen molar-refractivity contribution in [2.24, 2.45) is 0 Å². The topological polar surface area (TPSA) is 96.7 Å². The first-order chi connectivity index (χ1) is 7.65. The average Bonchev–Trinajstić information content (AvgIpc) is 2.77. The van der Waals surface area contributed by atoms with Gasteiger partial charge in [-0.05, 0) is 6.92 Å². The second-order valence-electron chi connectivity index (χ2n) is 3.33. The number of hydrogen-bond acceptors (Lipinski definition) is 5. The van der Waals surface area contributed by atoms with Crippen molar-refractivity contribution in [3.05, 3.63) is 22.8 Å². The zero-order valence-electron chi connectivity index (χ0n) is 8.65. The van der Waals surface area contributed by atoms with E-state index in [1.807, 2.05) is 6.92 Å². The Morgan fingerprint density at radius 2 is 2.50 bits per heavy atom. The summed E-state index contributed by atoms with van der Waals surface area (Å²) in [6.45, 7) is 1.86. The van der Waals surface area contributed by atoms with E-state index < -0.39 is 0 Å². The summed E-state index contributed by atoms with van der Waals surface area (Å²) in [6, 6.07) is 0. The van der Waals surface area contributed by atoms with E-state index in [2.05, 4.69) is 20.5 Å². The van der Waals surface area contributed by atoms with Gasteiger partial charge in [0.1, 0.15) is 5.82 Å². The Balaban J connectivity index is 1.97. The fourth-order valence-corrected chi connectivity index (χ4v) is 1.79. The highest BCUT2D eigenvalue weighted by Gasteiger charge is 2.09. The van der Waals surface area contributed by atoms with Crippen LogP contribution in [-0.2, 0) is 11.2 Å². The van der Waals surface area contributed by atoms with E-state index in [4.69, 9.17) is 5.73 Å². The summed E-state index contributed by atoms with van der Waals surface area (Å²) in [5.74, 6) is 0.478. The van der Waals surface area contributed by atoms with Crippen molar-refractivity contribution in [3.63, 3.8) is 0 Å². The number of nitrogen functional groups attached to an aromatic ring is 1. The largest absolute Gasteiger partial charge is 0.375 e. The first-order valence-corrected chi connectivity index (χ1v) is 5.53. The molecule has 2 aromatic heterocycles. The third kappa shape index (κ3) is 2.37. The van der Waals surface area contributed by atoms with Crippen molar-refractivity contribution < 1.29 is 4.79 Å². The van der Waals surface area contributed by atoms with Crippen LogP contribution in [0, 0.1) is 6.92 Å². The number of aromatic amines is 1. The Kier molecular flexibility index (Phi) is 2.86. The van der Waals surface area contributed by atoms with Crippen molar-refractivity contribution in [1.82, 2.24) is 15.2 Å². The van der Waals surface area contributed by atoms with Gasteiger partial charge in [0.2, 0.25) is 5.91 Å². The van der Waals surface area contributed by atoms with Crippen LogP contribution in [0.3, 0.4) is 0 Å². The van der Waals surface area contributed by atoms with Gasteiger partial charge in [0.25, 0.3) is 0 Å². The molecule has 0 bridgehead atoms. The molecule has 2 heterocycles. The summed E-state index contributed by atoms with van der Waals surface area (Å²) in [5.41, 5.74) is 7.05. The average molecular weight is 237 g/mol. The maximum atomic E-state index is 11.6. The lowest BCUT2D eigenvalue weighted by atomic mass is 10.3. The fraction of sp³-hybridized carbons (Fsp3) is 0.222. The molecular formula is C9H11N5OS. The van der Waals surface area contributed by atoms with Gasteiger partial charge in [0.15, 0.2) is 5.13 Å². The smallest absolute Gasteiger partial charge is 0.231 e. The van der Waals surface area contributed by atoms with Gasteiger partial charge in [-0.25, -0.2) is 4.98 Å². The zero-order valence-corrected chi connectivity index (χ0v) is 9.47. The third-order valence-corrected chi connectivity index (χ3v) is 2.73. The highest BCUT2D eigenvalue weighted by atomic mass is 32.1. The molecule has 0 radical (unpaired) electrons. The van der Waals surface area contributed by atoms with Crippen LogP contribution >= 0.6 is 11.3 Å². The van der Waals surface area contributed by atoms with Crippen LogP contribution in [-0.4, -0.2) is 21.1 Å². The van der Waals surface area contributed by atoms with Gasteiger partial charge in [0, 0.05) is 10.9 Å². The number of nitrogens with two attached hydrogens (primary N) is 1. The van der Waals surface area contributed by atoms with Gasteiger partial charge in [-0.1, -0.05) is 0 Å². The van der Waals surface area contributed by atoms with E-state index in [-0.39, 0.29) is 12.3 Å². The summed E-state index contributed by atoms with van der Waals surface area (Å²) < 4.78 is 0. The van der Waals surface area contributed by atoms with E-state index in [1.165, 1.54) is 11.3 Å². The molecule has 2 aromatic rings. The number of rotatable bonds is 3. The Morgan fingerprint density at radius 3 is 3.06 bits per heavy atom. The van der Waals surface area contributed by atoms with Crippen LogP contribution < -0.4 is 11.1 Å². The summed E-state index contributed by atoms with van der Waals surface area (Å²) in [4.78, 5) is 15.6. The number of carbonyl (C=O) groups excluding carboxylic acids is 1. The fourth-order valence-electron chi connectivity index (χ4n) is 1.22. The minimum atomic E-state index is -0.141. The van der Waals surface area contributed by atoms with Crippen LogP contribution in [0.2, 0.25) is 0 Å². The Bertz CT molecular complexity index is 503. The van der Waals surface area contributed by atoms with Crippen LogP contribution in [0.15, 0.2) is 11.6 Å². The second kappa shape index (κ2) is 4.31. The normalized spacial score (nSPS) is 10.3. The van der Waals surface area contributed by atoms with E-state index in [1.54, 1.807) is 11.6 Å². The molecule has 7 heteroatoms. The van der Waals surface area contributed by atoms with Crippen molar-refractivity contribution >= 4 is 28.2 Å². The van der Waals surface area contributed by atoms with Gasteiger partial charge in [-0.2, -0.15) is 5.10 Å². The predicted octanol–water partition coefficient (Wildman–Crippen LogP) is 0.938. The monoisotopic (exact) mass is 237 g/mol. The Hall–Kier alpha value is -1.89. The molecule has 0 saturated heterocycles. The number of anilines is 2. The van der Waals surface area contributed by atoms with Gasteiger partial charge >= 0.3 is 0 Å². The number of amides is 1. The lowest BCUT2D eigenvalue weighted by Crippen LogP contribution is -2.15. The predicted molar refractivity (Wildman–Crippen MR) is 62.2 cm³/mol. The molecule has 0 aromatic carbocycles. The minimum absolute atomic E-state index is 0.141. The SMILES string of the molecule is Cc1cn[nH]c1NC(=O)Cc1csc(N)n1. The van der Waals surface area contributed by atoms with Gasteiger partial charge < -0.3 is 11.1 Å². The van der Waals surface area contributed by atoms with Gasteiger partial charge in [-0.15, -0.1) is 11.3 Å². The molecular weight excluding hydrogens is 226 g/mol. The summed E-state index contributed by atoms with van der Waals surface area (Å²) in [6.07, 6.45) is 1.86. The van der Waals surface area contributed by atoms with Crippen molar-refractivity contribution in [2.75, 3.05) is 11.1 Å². The number of aromatic nitrogens is 3. The minimum Gasteiger partial charge on any atom is -0.375 e. The highest BCUT2D eigenvalue weighted by molar-refractivity contribution is 7.13. The number of thiazole rings is 1.